The third kappa shape index (κ3) is 4.08. The number of nitrogens with zero attached hydrogens (tertiary/aromatic N) is 1. The molecular formula is C22H18ClF2N3O4. The summed E-state index contributed by atoms with van der Waals surface area (Å²) in [5.41, 5.74) is -0.0504. The first-order valence-corrected chi connectivity index (χ1v) is 9.93. The van der Waals surface area contributed by atoms with E-state index in [-0.39, 0.29) is 35.5 Å². The fourth-order valence-electron chi connectivity index (χ4n) is 3.60. The molecule has 2 aromatic carbocycles. The Morgan fingerprint density at radius 1 is 1.28 bits per heavy atom. The summed E-state index contributed by atoms with van der Waals surface area (Å²) in [5, 5.41) is 3.76. The van der Waals surface area contributed by atoms with Crippen molar-refractivity contribution in [3.05, 3.63) is 69.7 Å². The van der Waals surface area contributed by atoms with E-state index in [1.165, 1.54) is 23.1 Å². The Kier molecular flexibility index (Phi) is 4.74. The van der Waals surface area contributed by atoms with Gasteiger partial charge in [0.25, 0.3) is 11.8 Å². The summed E-state index contributed by atoms with van der Waals surface area (Å²) in [6, 6.07) is 3.62. The van der Waals surface area contributed by atoms with Crippen LogP contribution in [-0.2, 0) is 33.4 Å². The maximum Gasteiger partial charge on any atom is 0.349 e. The van der Waals surface area contributed by atoms with Crippen molar-refractivity contribution in [3.8, 4) is 0 Å². The number of hydrogen-bond donors (Lipinski definition) is 2. The standard InChI is InChI=1S/C22H18ClF2N3O4/c23-15-4-2-14(3-5-15)22(24,25)21(32)26-10-12-1-6-16-13(9-12)11-28(20(16)31)17-7-8-18(29)27-19(17)30/h1-6,9,17H,7-8,10-11H2,(H,26,32)(H,27,29,30)/i4D,5D,10D. The summed E-state index contributed by atoms with van der Waals surface area (Å²) in [6.07, 6.45) is 0.266. The number of carbonyl (C=O) groups excluding carboxylic acids is 4. The number of carbonyl (C=O) groups is 4. The molecule has 0 saturated carbocycles. The minimum atomic E-state index is -4.13. The quantitative estimate of drug-likeness (QED) is 0.665. The van der Waals surface area contributed by atoms with Gasteiger partial charge < -0.3 is 10.2 Å². The lowest BCUT2D eigenvalue weighted by Crippen LogP contribution is -2.52. The molecule has 2 atom stereocenters. The molecule has 4 rings (SSSR count). The smallest absolute Gasteiger partial charge is 0.346 e. The minimum Gasteiger partial charge on any atom is -0.346 e. The van der Waals surface area contributed by atoms with Crippen molar-refractivity contribution < 1.29 is 32.1 Å². The molecule has 2 aliphatic heterocycles. The number of piperidine rings is 1. The van der Waals surface area contributed by atoms with Crippen LogP contribution in [0.3, 0.4) is 0 Å². The number of imide groups is 1. The second-order valence-corrected chi connectivity index (χ2v) is 7.73. The maximum absolute atomic E-state index is 14.7. The molecule has 0 radical (unpaired) electrons. The Labute approximate surface area is 190 Å². The topological polar surface area (TPSA) is 95.6 Å². The zero-order chi connectivity index (χ0) is 25.7. The molecule has 2 aliphatic rings. The maximum atomic E-state index is 14.7. The molecule has 0 aromatic heterocycles. The number of halogens is 3. The highest BCUT2D eigenvalue weighted by atomic mass is 35.5. The van der Waals surface area contributed by atoms with Gasteiger partial charge in [0.05, 0.1) is 4.11 Å². The highest BCUT2D eigenvalue weighted by Gasteiger charge is 2.41. The Morgan fingerprint density at radius 2 is 2.00 bits per heavy atom. The van der Waals surface area contributed by atoms with Crippen molar-refractivity contribution in [1.82, 2.24) is 15.5 Å². The lowest BCUT2D eigenvalue weighted by atomic mass is 10.0. The van der Waals surface area contributed by atoms with E-state index in [9.17, 15) is 28.0 Å². The van der Waals surface area contributed by atoms with E-state index in [4.69, 9.17) is 15.7 Å². The van der Waals surface area contributed by atoms with Crippen LogP contribution >= 0.6 is 11.6 Å². The SMILES string of the molecule is [2H]c1cc(C(F)(F)C(=O)NC([2H])c2ccc3c(c2)CN(C2CCC(=O)NC2=O)C3=O)cc([2H])c1Cl. The average molecular weight is 465 g/mol. The highest BCUT2D eigenvalue weighted by molar-refractivity contribution is 6.30. The molecule has 0 bridgehead atoms. The highest BCUT2D eigenvalue weighted by Crippen LogP contribution is 2.30. The molecule has 2 heterocycles. The van der Waals surface area contributed by atoms with Gasteiger partial charge in [-0.2, -0.15) is 8.78 Å². The Bertz CT molecular complexity index is 1250. The summed E-state index contributed by atoms with van der Waals surface area (Å²) < 4.78 is 52.7. The molecule has 4 amide bonds. The van der Waals surface area contributed by atoms with E-state index in [0.717, 1.165) is 0 Å². The number of alkyl halides is 2. The number of rotatable bonds is 5. The van der Waals surface area contributed by atoms with Crippen molar-refractivity contribution in [3.63, 3.8) is 0 Å². The van der Waals surface area contributed by atoms with Gasteiger partial charge in [0, 0.05) is 35.6 Å². The van der Waals surface area contributed by atoms with E-state index in [1.807, 2.05) is 5.32 Å². The molecule has 32 heavy (non-hydrogen) atoms. The summed E-state index contributed by atoms with van der Waals surface area (Å²) in [6.45, 7) is -1.59. The van der Waals surface area contributed by atoms with Crippen LogP contribution in [0.5, 0.6) is 0 Å². The molecule has 1 fully saturated rings. The van der Waals surface area contributed by atoms with Crippen molar-refractivity contribution in [1.29, 1.82) is 0 Å². The molecule has 0 spiro atoms. The molecule has 2 unspecified atom stereocenters. The van der Waals surface area contributed by atoms with E-state index < -0.39 is 59.8 Å². The molecule has 166 valence electrons. The second-order valence-electron chi connectivity index (χ2n) is 7.36. The van der Waals surface area contributed by atoms with Crippen molar-refractivity contribution in [2.45, 2.75) is 37.9 Å². The number of nitrogens with one attached hydrogen (secondary N) is 2. The van der Waals surface area contributed by atoms with Crippen LogP contribution in [0.1, 0.15) is 44.0 Å². The first-order valence-electron chi connectivity index (χ1n) is 11.1. The fourth-order valence-corrected chi connectivity index (χ4v) is 3.71. The summed E-state index contributed by atoms with van der Waals surface area (Å²) >= 11 is 5.66. The van der Waals surface area contributed by atoms with Crippen molar-refractivity contribution >= 4 is 35.2 Å². The number of amides is 4. The summed E-state index contributed by atoms with van der Waals surface area (Å²) in [5.74, 6) is -7.37. The third-order valence-corrected chi connectivity index (χ3v) is 5.49. The van der Waals surface area contributed by atoms with Gasteiger partial charge in [-0.3, -0.25) is 24.5 Å². The lowest BCUT2D eigenvalue weighted by molar-refractivity contribution is -0.147. The zero-order valence-corrected chi connectivity index (χ0v) is 17.1. The van der Waals surface area contributed by atoms with Gasteiger partial charge in [-0.1, -0.05) is 35.9 Å². The molecular weight excluding hydrogens is 444 g/mol. The van der Waals surface area contributed by atoms with Crippen LogP contribution in [-0.4, -0.2) is 34.6 Å². The fraction of sp³-hybridized carbons (Fsp3) is 0.273. The lowest BCUT2D eigenvalue weighted by Gasteiger charge is -2.29. The molecule has 10 heteroatoms. The summed E-state index contributed by atoms with van der Waals surface area (Å²) in [7, 11) is 0. The zero-order valence-electron chi connectivity index (χ0n) is 19.4. The van der Waals surface area contributed by atoms with Gasteiger partial charge >= 0.3 is 5.92 Å². The monoisotopic (exact) mass is 464 g/mol. The Balaban J connectivity index is 1.50. The summed E-state index contributed by atoms with van der Waals surface area (Å²) in [4.78, 5) is 49.9. The van der Waals surface area contributed by atoms with E-state index in [1.54, 1.807) is 0 Å². The van der Waals surface area contributed by atoms with Gasteiger partial charge in [0.1, 0.15) is 6.04 Å². The molecule has 2 aromatic rings. The number of benzene rings is 2. The normalized spacial score (nSPS) is 20.7. The predicted molar refractivity (Wildman–Crippen MR) is 110 cm³/mol. The third-order valence-electron chi connectivity index (χ3n) is 5.27. The molecule has 1 saturated heterocycles. The second kappa shape index (κ2) is 8.31. The van der Waals surface area contributed by atoms with E-state index >= 15 is 0 Å². The number of hydrogen-bond acceptors (Lipinski definition) is 4. The minimum absolute atomic E-state index is 0.0223. The first kappa shape index (κ1) is 18.3. The van der Waals surface area contributed by atoms with Crippen molar-refractivity contribution in [2.24, 2.45) is 0 Å². The molecule has 0 aliphatic carbocycles. The first-order chi connectivity index (χ1) is 16.4. The van der Waals surface area contributed by atoms with Crippen LogP contribution in [0.15, 0.2) is 42.4 Å². The average Bonchev–Trinajstić information content (AvgIpc) is 3.12. The van der Waals surface area contributed by atoms with Gasteiger partial charge in [-0.25, -0.2) is 0 Å². The Hall–Kier alpha value is -3.33. The van der Waals surface area contributed by atoms with Gasteiger partial charge in [0.2, 0.25) is 11.8 Å². The van der Waals surface area contributed by atoms with Gasteiger partial charge in [-0.15, -0.1) is 0 Å². The van der Waals surface area contributed by atoms with E-state index in [2.05, 4.69) is 5.32 Å². The van der Waals surface area contributed by atoms with Crippen LogP contribution in [0.25, 0.3) is 0 Å². The molecule has 7 nitrogen and oxygen atoms in total. The van der Waals surface area contributed by atoms with E-state index in [0.29, 0.717) is 17.7 Å². The van der Waals surface area contributed by atoms with Crippen LogP contribution in [0.4, 0.5) is 8.78 Å². The Morgan fingerprint density at radius 3 is 2.69 bits per heavy atom. The molecule has 2 N–H and O–H groups in total. The van der Waals surface area contributed by atoms with Crippen LogP contribution in [0, 0.1) is 0 Å². The van der Waals surface area contributed by atoms with Gasteiger partial charge in [0.15, 0.2) is 0 Å². The van der Waals surface area contributed by atoms with Crippen LogP contribution in [0.2, 0.25) is 5.02 Å². The van der Waals surface area contributed by atoms with Gasteiger partial charge in [-0.05, 0) is 35.7 Å². The van der Waals surface area contributed by atoms with Crippen molar-refractivity contribution in [2.75, 3.05) is 0 Å². The van der Waals surface area contributed by atoms with Crippen LogP contribution < -0.4 is 10.6 Å². The number of fused-ring (bicyclic) bond motifs is 1. The largest absolute Gasteiger partial charge is 0.349 e. The predicted octanol–water partition coefficient (Wildman–Crippen LogP) is 2.51.